The minimum absolute atomic E-state index is 0.0760. The Bertz CT molecular complexity index is 386. The number of halogens is 1. The highest BCUT2D eigenvalue weighted by Crippen LogP contribution is 2.14. The van der Waals surface area contributed by atoms with Gasteiger partial charge < -0.3 is 9.47 Å². The zero-order valence-electron chi connectivity index (χ0n) is 10.7. The largest absolute Gasteiger partial charge is 0.491 e. The van der Waals surface area contributed by atoms with Crippen molar-refractivity contribution in [3.63, 3.8) is 0 Å². The lowest BCUT2D eigenvalue weighted by atomic mass is 10.1. The second kappa shape index (κ2) is 7.67. The van der Waals surface area contributed by atoms with Gasteiger partial charge in [-0.3, -0.25) is 0 Å². The maximum Gasteiger partial charge on any atom is 0.123 e. The van der Waals surface area contributed by atoms with E-state index in [1.807, 2.05) is 26.0 Å². The van der Waals surface area contributed by atoms with Gasteiger partial charge in [0.1, 0.15) is 19.0 Å². The van der Waals surface area contributed by atoms with Gasteiger partial charge >= 0.3 is 0 Å². The first-order valence-corrected chi connectivity index (χ1v) is 5.96. The van der Waals surface area contributed by atoms with E-state index < -0.39 is 6.67 Å². The molecule has 0 aliphatic carbocycles. The Labute approximate surface area is 107 Å². The van der Waals surface area contributed by atoms with Gasteiger partial charge in [0.2, 0.25) is 0 Å². The molecule has 0 saturated carbocycles. The Morgan fingerprint density at radius 3 is 2.50 bits per heavy atom. The zero-order valence-corrected chi connectivity index (χ0v) is 10.7. The maximum atomic E-state index is 11.9. The lowest BCUT2D eigenvalue weighted by Gasteiger charge is -2.14. The molecule has 18 heavy (non-hydrogen) atoms. The molecular formula is C14H18FNO2. The molecule has 0 heterocycles. The molecule has 0 spiro atoms. The average molecular weight is 251 g/mol. The average Bonchev–Trinajstić information content (AvgIpc) is 2.42. The van der Waals surface area contributed by atoms with Crippen molar-refractivity contribution in [1.29, 1.82) is 5.26 Å². The highest BCUT2D eigenvalue weighted by atomic mass is 19.1. The predicted molar refractivity (Wildman–Crippen MR) is 66.9 cm³/mol. The first-order valence-electron chi connectivity index (χ1n) is 5.96. The van der Waals surface area contributed by atoms with Gasteiger partial charge in [0.05, 0.1) is 24.7 Å². The van der Waals surface area contributed by atoms with E-state index in [4.69, 9.17) is 14.7 Å². The summed E-state index contributed by atoms with van der Waals surface area (Å²) < 4.78 is 22.6. The van der Waals surface area contributed by atoms with Crippen molar-refractivity contribution >= 4 is 0 Å². The number of nitriles is 1. The molecule has 0 radical (unpaired) electrons. The molecule has 1 rings (SSSR count). The number of hydrogen-bond acceptors (Lipinski definition) is 3. The fourth-order valence-corrected chi connectivity index (χ4v) is 1.32. The second-order valence-electron chi connectivity index (χ2n) is 4.12. The third-order valence-corrected chi connectivity index (χ3v) is 2.69. The molecule has 0 bridgehead atoms. The summed E-state index contributed by atoms with van der Waals surface area (Å²) in [7, 11) is 0. The van der Waals surface area contributed by atoms with Crippen LogP contribution in [-0.4, -0.2) is 19.4 Å². The monoisotopic (exact) mass is 251 g/mol. The van der Waals surface area contributed by atoms with E-state index in [9.17, 15) is 4.39 Å². The van der Waals surface area contributed by atoms with E-state index in [2.05, 4.69) is 6.07 Å². The first kappa shape index (κ1) is 14.5. The topological polar surface area (TPSA) is 42.2 Å². The van der Waals surface area contributed by atoms with E-state index in [1.54, 1.807) is 12.1 Å². The van der Waals surface area contributed by atoms with Gasteiger partial charge in [-0.2, -0.15) is 5.26 Å². The van der Waals surface area contributed by atoms with Crippen molar-refractivity contribution < 1.29 is 13.9 Å². The van der Waals surface area contributed by atoms with Crippen LogP contribution >= 0.6 is 0 Å². The smallest absolute Gasteiger partial charge is 0.123 e. The lowest BCUT2D eigenvalue weighted by Crippen LogP contribution is -2.16. The van der Waals surface area contributed by atoms with Crippen molar-refractivity contribution in [1.82, 2.24) is 0 Å². The quantitative estimate of drug-likeness (QED) is 0.747. The van der Waals surface area contributed by atoms with E-state index in [1.165, 1.54) is 0 Å². The van der Waals surface area contributed by atoms with Gasteiger partial charge in [-0.05, 0) is 31.5 Å². The van der Waals surface area contributed by atoms with Gasteiger partial charge in [0.25, 0.3) is 0 Å². The van der Waals surface area contributed by atoms with Gasteiger partial charge in [-0.1, -0.05) is 12.1 Å². The number of ether oxygens (including phenoxy) is 2. The molecule has 2 atom stereocenters. The minimum atomic E-state index is -0.492. The molecule has 3 nitrogen and oxygen atoms in total. The Morgan fingerprint density at radius 1 is 1.28 bits per heavy atom. The summed E-state index contributed by atoms with van der Waals surface area (Å²) in [6.45, 7) is 3.75. The molecule has 0 aliphatic heterocycles. The number of benzene rings is 1. The van der Waals surface area contributed by atoms with Crippen LogP contribution in [0.15, 0.2) is 24.3 Å². The molecule has 0 saturated heterocycles. The summed E-state index contributed by atoms with van der Waals surface area (Å²) in [5.74, 6) is 0.520. The molecule has 1 aromatic rings. The van der Waals surface area contributed by atoms with Crippen molar-refractivity contribution in [3.05, 3.63) is 29.8 Å². The van der Waals surface area contributed by atoms with Crippen molar-refractivity contribution in [2.75, 3.05) is 13.3 Å². The third-order valence-electron chi connectivity index (χ3n) is 2.69. The summed E-state index contributed by atoms with van der Waals surface area (Å²) in [6.07, 6.45) is -0.0996. The van der Waals surface area contributed by atoms with Crippen molar-refractivity contribution in [3.8, 4) is 11.8 Å². The van der Waals surface area contributed by atoms with Crippen molar-refractivity contribution in [2.45, 2.75) is 26.6 Å². The zero-order chi connectivity index (χ0) is 13.4. The Balaban J connectivity index is 2.42. The highest BCUT2D eigenvalue weighted by molar-refractivity contribution is 5.26. The van der Waals surface area contributed by atoms with Gasteiger partial charge in [-0.15, -0.1) is 0 Å². The number of alkyl halides is 1. The maximum absolute atomic E-state index is 11.9. The Kier molecular flexibility index (Phi) is 6.16. The van der Waals surface area contributed by atoms with Crippen LogP contribution in [0.2, 0.25) is 0 Å². The lowest BCUT2D eigenvalue weighted by molar-refractivity contribution is 0.0326. The van der Waals surface area contributed by atoms with Crippen LogP contribution in [-0.2, 0) is 11.3 Å². The van der Waals surface area contributed by atoms with Crippen LogP contribution in [0.4, 0.5) is 4.39 Å². The normalized spacial score (nSPS) is 13.7. The molecule has 1 aromatic carbocycles. The third kappa shape index (κ3) is 4.72. The molecule has 0 aliphatic rings. The van der Waals surface area contributed by atoms with E-state index in [0.29, 0.717) is 12.4 Å². The molecule has 0 amide bonds. The SMILES string of the molecule is CC(C#N)C(C)OCc1ccc(OCCF)cc1. The Hall–Kier alpha value is -1.60. The van der Waals surface area contributed by atoms with Gasteiger partial charge in [-0.25, -0.2) is 4.39 Å². The van der Waals surface area contributed by atoms with E-state index in [-0.39, 0.29) is 18.6 Å². The van der Waals surface area contributed by atoms with Crippen LogP contribution in [0.25, 0.3) is 0 Å². The van der Waals surface area contributed by atoms with E-state index in [0.717, 1.165) is 5.56 Å². The summed E-state index contributed by atoms with van der Waals surface area (Å²) in [4.78, 5) is 0. The first-order chi connectivity index (χ1) is 8.67. The molecule has 0 N–H and O–H groups in total. The second-order valence-corrected chi connectivity index (χ2v) is 4.12. The standard InChI is InChI=1S/C14H18FNO2/c1-11(9-16)12(2)18-10-13-3-5-14(6-4-13)17-8-7-15/h3-6,11-12H,7-8,10H2,1-2H3. The fourth-order valence-electron chi connectivity index (χ4n) is 1.32. The molecule has 98 valence electrons. The van der Waals surface area contributed by atoms with E-state index >= 15 is 0 Å². The number of nitrogens with zero attached hydrogens (tertiary/aromatic N) is 1. The Morgan fingerprint density at radius 2 is 1.94 bits per heavy atom. The number of rotatable bonds is 7. The number of hydrogen-bond donors (Lipinski definition) is 0. The summed E-state index contributed by atoms with van der Waals surface area (Å²) in [5.41, 5.74) is 1.000. The molecular weight excluding hydrogens is 233 g/mol. The minimum Gasteiger partial charge on any atom is -0.491 e. The summed E-state index contributed by atoms with van der Waals surface area (Å²) >= 11 is 0. The van der Waals surface area contributed by atoms with Crippen molar-refractivity contribution in [2.24, 2.45) is 5.92 Å². The van der Waals surface area contributed by atoms with Gasteiger partial charge in [0, 0.05) is 0 Å². The van der Waals surface area contributed by atoms with Crippen LogP contribution in [0.1, 0.15) is 19.4 Å². The van der Waals surface area contributed by atoms with Crippen LogP contribution in [0.3, 0.4) is 0 Å². The summed E-state index contributed by atoms with van der Waals surface area (Å²) in [5, 5.41) is 8.74. The highest BCUT2D eigenvalue weighted by Gasteiger charge is 2.11. The molecule has 4 heteroatoms. The van der Waals surface area contributed by atoms with Crippen LogP contribution in [0, 0.1) is 17.2 Å². The molecule has 2 unspecified atom stereocenters. The molecule has 0 aromatic heterocycles. The van der Waals surface area contributed by atoms with Crippen LogP contribution < -0.4 is 4.74 Å². The van der Waals surface area contributed by atoms with Gasteiger partial charge in [0.15, 0.2) is 0 Å². The summed E-state index contributed by atoms with van der Waals surface area (Å²) in [6, 6.07) is 9.47. The predicted octanol–water partition coefficient (Wildman–Crippen LogP) is 3.10. The molecule has 0 fully saturated rings. The fraction of sp³-hybridized carbons (Fsp3) is 0.500. The van der Waals surface area contributed by atoms with Crippen LogP contribution in [0.5, 0.6) is 5.75 Å².